The van der Waals surface area contributed by atoms with Crippen LogP contribution in [0.2, 0.25) is 0 Å². The summed E-state index contributed by atoms with van der Waals surface area (Å²) in [4.78, 5) is 25.3. The van der Waals surface area contributed by atoms with E-state index in [9.17, 15) is 19.8 Å². The fraction of sp³-hybridized carbons (Fsp3) is 0.579. The third-order valence-electron chi connectivity index (χ3n) is 6.30. The van der Waals surface area contributed by atoms with Crippen molar-refractivity contribution < 1.29 is 34.0 Å². The molecule has 0 saturated carbocycles. The molecule has 140 valence electrons. The van der Waals surface area contributed by atoms with E-state index in [0.29, 0.717) is 11.3 Å². The summed E-state index contributed by atoms with van der Waals surface area (Å²) in [5.41, 5.74) is -1.94. The first-order valence-corrected chi connectivity index (χ1v) is 8.61. The minimum Gasteiger partial charge on any atom is -0.479 e. The van der Waals surface area contributed by atoms with Crippen LogP contribution in [0.25, 0.3) is 0 Å². The first-order chi connectivity index (χ1) is 12.1. The summed E-state index contributed by atoms with van der Waals surface area (Å²) in [6.45, 7) is 8.15. The lowest BCUT2D eigenvalue weighted by molar-refractivity contribution is -0.222. The first-order valence-electron chi connectivity index (χ1n) is 8.61. The minimum absolute atomic E-state index is 0.0227. The molecule has 4 aliphatic rings. The summed E-state index contributed by atoms with van der Waals surface area (Å²) in [6, 6.07) is 0. The van der Waals surface area contributed by atoms with Crippen LogP contribution in [0.1, 0.15) is 27.2 Å². The van der Waals surface area contributed by atoms with Crippen molar-refractivity contribution in [2.45, 2.75) is 50.8 Å². The predicted octanol–water partition coefficient (Wildman–Crippen LogP) is 0.762. The fourth-order valence-corrected chi connectivity index (χ4v) is 4.65. The van der Waals surface area contributed by atoms with Crippen LogP contribution >= 0.6 is 0 Å². The zero-order chi connectivity index (χ0) is 19.1. The van der Waals surface area contributed by atoms with E-state index in [0.717, 1.165) is 0 Å². The fourth-order valence-electron chi connectivity index (χ4n) is 4.65. The van der Waals surface area contributed by atoms with Gasteiger partial charge >= 0.3 is 5.97 Å². The van der Waals surface area contributed by atoms with Crippen LogP contribution in [0, 0.1) is 11.3 Å². The molecule has 2 fully saturated rings. The Morgan fingerprint density at radius 1 is 1.38 bits per heavy atom. The third kappa shape index (κ3) is 1.88. The highest BCUT2D eigenvalue weighted by Gasteiger charge is 2.74. The Morgan fingerprint density at radius 2 is 2.08 bits per heavy atom. The highest BCUT2D eigenvalue weighted by Crippen LogP contribution is 2.60. The second-order valence-corrected chi connectivity index (χ2v) is 7.92. The van der Waals surface area contributed by atoms with Crippen molar-refractivity contribution in [3.8, 4) is 0 Å². The maximum absolute atomic E-state index is 12.8. The van der Waals surface area contributed by atoms with Gasteiger partial charge in [0.1, 0.15) is 17.3 Å². The van der Waals surface area contributed by atoms with Gasteiger partial charge in [-0.15, -0.1) is 0 Å². The molecular weight excluding hydrogens is 340 g/mol. The van der Waals surface area contributed by atoms with Gasteiger partial charge in [-0.1, -0.05) is 6.58 Å². The standard InChI is InChI=1S/C19H22O7/c1-9-5-12-15-13(7-17(3)14(21)6-11(9)25-17)26-19(23,10(2)8-20)18(15,4)16(22)24-12/h5-6,12-13,15,20,23H,2,7-8H2,1,3-4H3/b9-5-/t12-,13+,15+,17-,18-,19-/m1/s1. The van der Waals surface area contributed by atoms with Crippen LogP contribution in [-0.2, 0) is 23.8 Å². The Labute approximate surface area is 150 Å². The predicted molar refractivity (Wildman–Crippen MR) is 88.5 cm³/mol. The lowest BCUT2D eigenvalue weighted by atomic mass is 9.67. The summed E-state index contributed by atoms with van der Waals surface area (Å²) < 4.78 is 17.4. The second-order valence-electron chi connectivity index (χ2n) is 7.92. The SMILES string of the molecule is C=C(CO)[C@@]1(O)O[C@H]2C[C@@]3(C)OC(=CC3=O)/C(C)=C\[C@H]3OC(=O)[C@@]1(C)[C@H]23. The number of fused-ring (bicyclic) bond motifs is 2. The number of hydrogen-bond donors (Lipinski definition) is 2. The maximum atomic E-state index is 12.8. The topological polar surface area (TPSA) is 102 Å². The van der Waals surface area contributed by atoms with Gasteiger partial charge in [0.25, 0.3) is 0 Å². The zero-order valence-electron chi connectivity index (χ0n) is 14.9. The van der Waals surface area contributed by atoms with Crippen LogP contribution in [0.3, 0.4) is 0 Å². The van der Waals surface area contributed by atoms with Crippen molar-refractivity contribution in [1.29, 1.82) is 0 Å². The molecule has 0 spiro atoms. The smallest absolute Gasteiger partial charge is 0.318 e. The van der Waals surface area contributed by atoms with E-state index in [1.807, 2.05) is 0 Å². The van der Waals surface area contributed by atoms with Crippen LogP contribution in [0.4, 0.5) is 0 Å². The number of esters is 1. The van der Waals surface area contributed by atoms with E-state index in [1.54, 1.807) is 26.8 Å². The molecule has 0 aliphatic carbocycles. The van der Waals surface area contributed by atoms with Gasteiger partial charge < -0.3 is 24.4 Å². The summed E-state index contributed by atoms with van der Waals surface area (Å²) in [7, 11) is 0. The zero-order valence-corrected chi connectivity index (χ0v) is 14.9. The molecule has 0 unspecified atom stereocenters. The molecule has 4 rings (SSSR count). The largest absolute Gasteiger partial charge is 0.479 e. The molecule has 7 heteroatoms. The average Bonchev–Trinajstić information content (AvgIpc) is 3.09. The van der Waals surface area contributed by atoms with Crippen molar-refractivity contribution in [1.82, 2.24) is 0 Å². The second kappa shape index (κ2) is 5.06. The van der Waals surface area contributed by atoms with E-state index < -0.39 is 47.5 Å². The monoisotopic (exact) mass is 362 g/mol. The highest BCUT2D eigenvalue weighted by atomic mass is 16.7. The number of ketones is 1. The molecule has 0 aromatic rings. The number of rotatable bonds is 2. The Hall–Kier alpha value is -1.96. The van der Waals surface area contributed by atoms with Gasteiger partial charge in [-0.25, -0.2) is 0 Å². The molecule has 4 heterocycles. The Kier molecular flexibility index (Phi) is 3.40. The van der Waals surface area contributed by atoms with Crippen molar-refractivity contribution >= 4 is 11.8 Å². The van der Waals surface area contributed by atoms with Crippen LogP contribution in [0.5, 0.6) is 0 Å². The Bertz CT molecular complexity index is 796. The highest BCUT2D eigenvalue weighted by molar-refractivity contribution is 6.00. The van der Waals surface area contributed by atoms with Gasteiger partial charge in [0.15, 0.2) is 5.60 Å². The van der Waals surface area contributed by atoms with Crippen molar-refractivity contribution in [3.05, 3.63) is 35.6 Å². The molecule has 0 aromatic heterocycles. The minimum atomic E-state index is -2.09. The van der Waals surface area contributed by atoms with Crippen molar-refractivity contribution in [2.24, 2.45) is 11.3 Å². The quantitative estimate of drug-likeness (QED) is 0.552. The first kappa shape index (κ1) is 17.5. The van der Waals surface area contributed by atoms with E-state index in [2.05, 4.69) is 6.58 Å². The van der Waals surface area contributed by atoms with Crippen LogP contribution < -0.4 is 0 Å². The number of aliphatic hydroxyl groups is 2. The molecule has 2 bridgehead atoms. The lowest BCUT2D eigenvalue weighted by Gasteiger charge is -2.35. The van der Waals surface area contributed by atoms with Gasteiger partial charge in [0.2, 0.25) is 11.6 Å². The van der Waals surface area contributed by atoms with Crippen molar-refractivity contribution in [3.63, 3.8) is 0 Å². The molecule has 2 N–H and O–H groups in total. The van der Waals surface area contributed by atoms with Crippen LogP contribution in [-0.4, -0.2) is 52.2 Å². The van der Waals surface area contributed by atoms with E-state index >= 15 is 0 Å². The number of ether oxygens (including phenoxy) is 3. The number of aliphatic hydroxyl groups excluding tert-OH is 1. The molecule has 0 radical (unpaired) electrons. The molecule has 0 aromatic carbocycles. The van der Waals surface area contributed by atoms with E-state index in [1.165, 1.54) is 6.08 Å². The Morgan fingerprint density at radius 3 is 2.73 bits per heavy atom. The number of hydrogen-bond acceptors (Lipinski definition) is 7. The number of carbonyl (C=O) groups is 2. The normalized spacial score (nSPS) is 48.4. The summed E-state index contributed by atoms with van der Waals surface area (Å²) in [5, 5.41) is 20.7. The molecule has 7 nitrogen and oxygen atoms in total. The number of carbonyl (C=O) groups excluding carboxylic acids is 2. The molecule has 2 saturated heterocycles. The van der Waals surface area contributed by atoms with Gasteiger partial charge in [-0.05, 0) is 32.4 Å². The molecule has 0 amide bonds. The summed E-state index contributed by atoms with van der Waals surface area (Å²) >= 11 is 0. The van der Waals surface area contributed by atoms with Gasteiger partial charge in [0, 0.05) is 24.0 Å². The third-order valence-corrected chi connectivity index (χ3v) is 6.30. The van der Waals surface area contributed by atoms with Gasteiger partial charge in [-0.3, -0.25) is 9.59 Å². The molecule has 6 atom stereocenters. The van der Waals surface area contributed by atoms with E-state index in [-0.39, 0.29) is 17.8 Å². The summed E-state index contributed by atoms with van der Waals surface area (Å²) in [6.07, 6.45) is 1.97. The lowest BCUT2D eigenvalue weighted by Crippen LogP contribution is -2.50. The molecule has 4 aliphatic heterocycles. The van der Waals surface area contributed by atoms with Gasteiger partial charge in [-0.2, -0.15) is 0 Å². The maximum Gasteiger partial charge on any atom is 0.318 e. The van der Waals surface area contributed by atoms with Crippen LogP contribution in [0.15, 0.2) is 35.6 Å². The molecular formula is C19H22O7. The average molecular weight is 362 g/mol. The van der Waals surface area contributed by atoms with Crippen molar-refractivity contribution in [2.75, 3.05) is 6.61 Å². The Balaban J connectivity index is 1.89. The van der Waals surface area contributed by atoms with Gasteiger partial charge in [0.05, 0.1) is 12.7 Å². The van der Waals surface area contributed by atoms with E-state index in [4.69, 9.17) is 14.2 Å². The molecule has 26 heavy (non-hydrogen) atoms. The number of allylic oxidation sites excluding steroid dienone is 1. The summed E-state index contributed by atoms with van der Waals surface area (Å²) in [5.74, 6) is -2.98.